The Labute approximate surface area is 153 Å². The van der Waals surface area contributed by atoms with Crippen molar-refractivity contribution in [3.63, 3.8) is 0 Å². The number of nitrogens with one attached hydrogen (secondary N) is 1. The van der Waals surface area contributed by atoms with Gasteiger partial charge in [0.15, 0.2) is 5.96 Å². The Morgan fingerprint density at radius 2 is 1.76 bits per heavy atom. The van der Waals surface area contributed by atoms with Gasteiger partial charge in [-0.25, -0.2) is 0 Å². The van der Waals surface area contributed by atoms with Gasteiger partial charge < -0.3 is 19.9 Å². The Kier molecular flexibility index (Phi) is 7.54. The second kappa shape index (κ2) is 9.41. The highest BCUT2D eigenvalue weighted by Crippen LogP contribution is 2.21. The highest BCUT2D eigenvalue weighted by Gasteiger charge is 2.30. The van der Waals surface area contributed by atoms with Crippen LogP contribution in [0, 0.1) is 11.3 Å². The van der Waals surface area contributed by atoms with Crippen LogP contribution in [0.25, 0.3) is 0 Å². The van der Waals surface area contributed by atoms with Gasteiger partial charge in [-0.3, -0.25) is 9.79 Å². The van der Waals surface area contributed by atoms with Gasteiger partial charge in [0.1, 0.15) is 0 Å². The number of likely N-dealkylation sites (tertiary alicyclic amines) is 1. The summed E-state index contributed by atoms with van der Waals surface area (Å²) < 4.78 is 5.34. The summed E-state index contributed by atoms with van der Waals surface area (Å²) in [6.45, 7) is 12.4. The minimum Gasteiger partial charge on any atom is -0.378 e. The van der Waals surface area contributed by atoms with E-state index >= 15 is 0 Å². The molecule has 2 aliphatic heterocycles. The molecule has 0 aromatic carbocycles. The van der Waals surface area contributed by atoms with E-state index in [1.165, 1.54) is 6.42 Å². The molecule has 1 amide bonds. The zero-order chi connectivity index (χ0) is 18.3. The largest absolute Gasteiger partial charge is 0.378 e. The molecule has 25 heavy (non-hydrogen) atoms. The van der Waals surface area contributed by atoms with Gasteiger partial charge in [-0.1, -0.05) is 20.8 Å². The molecule has 0 aromatic heterocycles. The number of hydrogen-bond acceptors (Lipinski definition) is 3. The van der Waals surface area contributed by atoms with E-state index in [1.807, 2.05) is 11.9 Å². The number of piperidine rings is 1. The lowest BCUT2D eigenvalue weighted by molar-refractivity contribution is -0.140. The van der Waals surface area contributed by atoms with E-state index < -0.39 is 0 Å². The third-order valence-corrected chi connectivity index (χ3v) is 5.06. The fourth-order valence-corrected chi connectivity index (χ4v) is 3.53. The molecule has 0 bridgehead atoms. The minimum atomic E-state index is 0.161. The first-order chi connectivity index (χ1) is 11.9. The molecule has 144 valence electrons. The average Bonchev–Trinajstić information content (AvgIpc) is 2.61. The quantitative estimate of drug-likeness (QED) is 0.477. The molecule has 2 aliphatic rings. The molecule has 0 aromatic rings. The number of carbonyl (C=O) groups excluding carboxylic acids is 1. The number of ether oxygens (including phenoxy) is 1. The molecule has 2 rings (SSSR count). The highest BCUT2D eigenvalue weighted by molar-refractivity contribution is 5.81. The number of morpholine rings is 1. The molecular formula is C19H36N4O2. The first-order valence-electron chi connectivity index (χ1n) is 9.73. The lowest BCUT2D eigenvalue weighted by atomic mass is 9.91. The van der Waals surface area contributed by atoms with Crippen LogP contribution in [-0.2, 0) is 9.53 Å². The molecule has 6 nitrogen and oxygen atoms in total. The second-order valence-electron chi connectivity index (χ2n) is 8.34. The highest BCUT2D eigenvalue weighted by atomic mass is 16.5. The van der Waals surface area contributed by atoms with E-state index in [1.54, 1.807) is 0 Å². The monoisotopic (exact) mass is 352 g/mol. The number of nitrogens with zero attached hydrogens (tertiary/aromatic N) is 3. The maximum absolute atomic E-state index is 12.6. The summed E-state index contributed by atoms with van der Waals surface area (Å²) >= 11 is 0. The zero-order valence-corrected chi connectivity index (χ0v) is 16.5. The standard InChI is InChI=1S/C19H36N4O2/c1-19(2,3)8-5-9-21-18(20-4)23-10-6-16(7-11-23)17(24)22-12-14-25-15-13-22/h16H,5-15H2,1-4H3,(H,20,21). The zero-order valence-electron chi connectivity index (χ0n) is 16.5. The van der Waals surface area contributed by atoms with Crippen LogP contribution in [0.15, 0.2) is 4.99 Å². The maximum Gasteiger partial charge on any atom is 0.225 e. The van der Waals surface area contributed by atoms with Crippen LogP contribution < -0.4 is 5.32 Å². The lowest BCUT2D eigenvalue weighted by Crippen LogP contribution is -2.50. The molecule has 0 aliphatic carbocycles. The Balaban J connectivity index is 1.73. The van der Waals surface area contributed by atoms with Crippen molar-refractivity contribution in [3.8, 4) is 0 Å². The van der Waals surface area contributed by atoms with Crippen LogP contribution in [0.3, 0.4) is 0 Å². The molecule has 0 atom stereocenters. The van der Waals surface area contributed by atoms with Gasteiger partial charge in [0, 0.05) is 45.7 Å². The van der Waals surface area contributed by atoms with E-state index in [0.29, 0.717) is 24.5 Å². The van der Waals surface area contributed by atoms with E-state index in [2.05, 4.69) is 36.0 Å². The Bertz CT molecular complexity index is 445. The van der Waals surface area contributed by atoms with E-state index in [4.69, 9.17) is 4.74 Å². The summed E-state index contributed by atoms with van der Waals surface area (Å²) in [5.41, 5.74) is 0.378. The number of rotatable bonds is 4. The van der Waals surface area contributed by atoms with Crippen molar-refractivity contribution in [1.82, 2.24) is 15.1 Å². The molecule has 0 spiro atoms. The summed E-state index contributed by atoms with van der Waals surface area (Å²) in [5.74, 6) is 1.45. The summed E-state index contributed by atoms with van der Waals surface area (Å²) in [7, 11) is 1.84. The van der Waals surface area contributed by atoms with Gasteiger partial charge in [-0.15, -0.1) is 0 Å². The van der Waals surface area contributed by atoms with Gasteiger partial charge in [-0.05, 0) is 31.1 Å². The summed E-state index contributed by atoms with van der Waals surface area (Å²) in [6, 6.07) is 0. The number of aliphatic imine (C=N–C) groups is 1. The predicted octanol–water partition coefficient (Wildman–Crippen LogP) is 1.96. The number of amides is 1. The smallest absolute Gasteiger partial charge is 0.225 e. The van der Waals surface area contributed by atoms with Crippen molar-refractivity contribution >= 4 is 11.9 Å². The van der Waals surface area contributed by atoms with Crippen LogP contribution in [0.5, 0.6) is 0 Å². The molecule has 0 radical (unpaired) electrons. The topological polar surface area (TPSA) is 57.2 Å². The van der Waals surface area contributed by atoms with Crippen molar-refractivity contribution < 1.29 is 9.53 Å². The van der Waals surface area contributed by atoms with E-state index in [-0.39, 0.29) is 5.92 Å². The van der Waals surface area contributed by atoms with Crippen molar-refractivity contribution in [2.24, 2.45) is 16.3 Å². The van der Waals surface area contributed by atoms with E-state index in [0.717, 1.165) is 57.9 Å². The van der Waals surface area contributed by atoms with Gasteiger partial charge >= 0.3 is 0 Å². The lowest BCUT2D eigenvalue weighted by Gasteiger charge is -2.36. The molecule has 6 heteroatoms. The second-order valence-corrected chi connectivity index (χ2v) is 8.34. The Morgan fingerprint density at radius 3 is 2.32 bits per heavy atom. The van der Waals surface area contributed by atoms with Crippen LogP contribution in [0.2, 0.25) is 0 Å². The third kappa shape index (κ3) is 6.49. The predicted molar refractivity (Wildman–Crippen MR) is 102 cm³/mol. The van der Waals surface area contributed by atoms with Gasteiger partial charge in [-0.2, -0.15) is 0 Å². The molecule has 0 saturated carbocycles. The fourth-order valence-electron chi connectivity index (χ4n) is 3.53. The van der Waals surface area contributed by atoms with Crippen molar-refractivity contribution in [1.29, 1.82) is 0 Å². The van der Waals surface area contributed by atoms with Crippen molar-refractivity contribution in [2.45, 2.75) is 46.5 Å². The van der Waals surface area contributed by atoms with Crippen LogP contribution >= 0.6 is 0 Å². The Morgan fingerprint density at radius 1 is 1.12 bits per heavy atom. The maximum atomic E-state index is 12.6. The molecule has 2 heterocycles. The molecule has 1 N–H and O–H groups in total. The van der Waals surface area contributed by atoms with Gasteiger partial charge in [0.25, 0.3) is 0 Å². The fraction of sp³-hybridized carbons (Fsp3) is 0.895. The normalized spacial score (nSPS) is 20.7. The number of guanidine groups is 1. The average molecular weight is 353 g/mol. The minimum absolute atomic E-state index is 0.161. The van der Waals surface area contributed by atoms with Crippen LogP contribution in [-0.4, -0.2) is 74.7 Å². The summed E-state index contributed by atoms with van der Waals surface area (Å²) in [4.78, 5) is 21.3. The van der Waals surface area contributed by atoms with Gasteiger partial charge in [0.2, 0.25) is 5.91 Å². The van der Waals surface area contributed by atoms with Crippen molar-refractivity contribution in [2.75, 3.05) is 53.0 Å². The first kappa shape index (κ1) is 20.0. The molecule has 2 fully saturated rings. The molecular weight excluding hydrogens is 316 g/mol. The number of hydrogen-bond donors (Lipinski definition) is 1. The number of carbonyl (C=O) groups is 1. The summed E-state index contributed by atoms with van der Waals surface area (Å²) in [6.07, 6.45) is 4.18. The first-order valence-corrected chi connectivity index (χ1v) is 9.73. The van der Waals surface area contributed by atoms with Crippen LogP contribution in [0.1, 0.15) is 46.5 Å². The molecule has 0 unspecified atom stereocenters. The summed E-state index contributed by atoms with van der Waals surface area (Å²) in [5, 5.41) is 3.48. The third-order valence-electron chi connectivity index (χ3n) is 5.06. The van der Waals surface area contributed by atoms with E-state index in [9.17, 15) is 4.79 Å². The molecule has 2 saturated heterocycles. The van der Waals surface area contributed by atoms with Gasteiger partial charge in [0.05, 0.1) is 13.2 Å². The SMILES string of the molecule is CN=C(NCCCC(C)(C)C)N1CCC(C(=O)N2CCOCC2)CC1. The van der Waals surface area contributed by atoms with Crippen molar-refractivity contribution in [3.05, 3.63) is 0 Å². The Hall–Kier alpha value is -1.30. The van der Waals surface area contributed by atoms with Crippen LogP contribution in [0.4, 0.5) is 0 Å².